The Morgan fingerprint density at radius 2 is 1.96 bits per heavy atom. The van der Waals surface area contributed by atoms with E-state index in [1.54, 1.807) is 6.92 Å². The van der Waals surface area contributed by atoms with Crippen LogP contribution in [0.2, 0.25) is 0 Å². The molecule has 3 aliphatic rings. The average molecular weight is 628 g/mol. The van der Waals surface area contributed by atoms with E-state index in [1.807, 2.05) is 48.2 Å². The van der Waals surface area contributed by atoms with E-state index in [4.69, 9.17) is 14.5 Å². The Hall–Kier alpha value is -3.13. The van der Waals surface area contributed by atoms with E-state index in [0.29, 0.717) is 29.9 Å². The average Bonchev–Trinajstić information content (AvgIpc) is 3.04. The lowest BCUT2D eigenvalue weighted by Gasteiger charge is -2.48. The van der Waals surface area contributed by atoms with E-state index in [9.17, 15) is 4.79 Å². The number of Topliss-reactive ketones (excluding diaryl/α,β-unsaturated/α-hetero) is 1. The predicted molar refractivity (Wildman–Crippen MR) is 186 cm³/mol. The number of ether oxygens (including phenoxy) is 2. The predicted octanol–water partition coefficient (Wildman–Crippen LogP) is 7.80. The number of allylic oxidation sites excluding steroid dienone is 4. The molecule has 2 aromatic rings. The quantitative estimate of drug-likeness (QED) is 0.156. The zero-order valence-corrected chi connectivity index (χ0v) is 28.2. The van der Waals surface area contributed by atoms with Crippen molar-refractivity contribution in [3.63, 3.8) is 0 Å². The molecule has 7 heteroatoms. The Bertz CT molecular complexity index is 1390. The summed E-state index contributed by atoms with van der Waals surface area (Å²) in [5.41, 5.74) is 5.44. The number of rotatable bonds is 14. The van der Waals surface area contributed by atoms with Gasteiger partial charge in [0, 0.05) is 42.1 Å². The van der Waals surface area contributed by atoms with E-state index in [2.05, 4.69) is 72.9 Å². The van der Waals surface area contributed by atoms with Crippen LogP contribution in [0.4, 0.5) is 0 Å². The van der Waals surface area contributed by atoms with Crippen LogP contribution in [0.1, 0.15) is 74.0 Å². The third-order valence-electron chi connectivity index (χ3n) is 9.27. The molecule has 4 unspecified atom stereocenters. The van der Waals surface area contributed by atoms with Gasteiger partial charge in [-0.1, -0.05) is 81.1 Å². The standard InChI is InChI=1S/C38H49N3O3S/c1-6-9-33(41(38(45-5)36-20-23-43-36)35-24-29(7-2)13-12-27(35)3)25-40-21-18-32(19-22-40)34-10-8-11-37(39-34)44-26-30-14-16-31(17-15-30)28(4)42/h7-17,24,27,32,35-36,38H,2,6,18-23,25-26H2,1,3-5H3/b33-9+. The van der Waals surface area contributed by atoms with Gasteiger partial charge in [0.2, 0.25) is 5.88 Å². The third-order valence-corrected chi connectivity index (χ3v) is 10.3. The Labute approximate surface area is 274 Å². The molecule has 2 fully saturated rings. The number of carbonyl (C=O) groups excluding carboxylic acids is 1. The van der Waals surface area contributed by atoms with Crippen molar-refractivity contribution in [2.75, 3.05) is 32.5 Å². The number of ketones is 1. The summed E-state index contributed by atoms with van der Waals surface area (Å²) in [6.07, 6.45) is 18.1. The molecule has 0 spiro atoms. The molecule has 3 heterocycles. The zero-order chi connectivity index (χ0) is 31.8. The fraction of sp³-hybridized carbons (Fsp3) is 0.474. The lowest BCUT2D eigenvalue weighted by atomic mass is 9.90. The number of pyridine rings is 1. The van der Waals surface area contributed by atoms with Crippen molar-refractivity contribution in [1.82, 2.24) is 14.8 Å². The highest BCUT2D eigenvalue weighted by molar-refractivity contribution is 7.99. The van der Waals surface area contributed by atoms with Crippen LogP contribution in [-0.2, 0) is 11.3 Å². The first-order valence-corrected chi connectivity index (χ1v) is 17.7. The van der Waals surface area contributed by atoms with Gasteiger partial charge in [-0.05, 0) is 75.1 Å². The van der Waals surface area contributed by atoms with E-state index in [-0.39, 0.29) is 23.3 Å². The van der Waals surface area contributed by atoms with Crippen molar-refractivity contribution in [1.29, 1.82) is 0 Å². The Balaban J connectivity index is 1.24. The topological polar surface area (TPSA) is 54.9 Å². The van der Waals surface area contributed by atoms with E-state index < -0.39 is 0 Å². The Morgan fingerprint density at radius 1 is 1.20 bits per heavy atom. The van der Waals surface area contributed by atoms with Crippen LogP contribution in [0.3, 0.4) is 0 Å². The number of piperidine rings is 1. The van der Waals surface area contributed by atoms with Gasteiger partial charge < -0.3 is 14.4 Å². The van der Waals surface area contributed by atoms with Crippen LogP contribution in [-0.4, -0.2) is 70.6 Å². The molecule has 1 aromatic heterocycles. The molecule has 0 saturated carbocycles. The van der Waals surface area contributed by atoms with Gasteiger partial charge in [0.1, 0.15) is 12.0 Å². The molecular weight excluding hydrogens is 579 g/mol. The van der Waals surface area contributed by atoms with Crippen LogP contribution in [0.25, 0.3) is 0 Å². The molecule has 1 aromatic carbocycles. The molecular formula is C38H49N3O3S. The molecule has 0 bridgehead atoms. The summed E-state index contributed by atoms with van der Waals surface area (Å²) in [4.78, 5) is 21.8. The number of hydrogen-bond donors (Lipinski definition) is 0. The molecule has 6 nitrogen and oxygen atoms in total. The second kappa shape index (κ2) is 15.9. The van der Waals surface area contributed by atoms with Gasteiger partial charge in [-0.25, -0.2) is 4.98 Å². The summed E-state index contributed by atoms with van der Waals surface area (Å²) in [7, 11) is 0. The minimum Gasteiger partial charge on any atom is -0.473 e. The molecule has 240 valence electrons. The Morgan fingerprint density at radius 3 is 2.58 bits per heavy atom. The molecule has 2 saturated heterocycles. The van der Waals surface area contributed by atoms with Crippen molar-refractivity contribution in [3.8, 4) is 5.88 Å². The number of carbonyl (C=O) groups is 1. The van der Waals surface area contributed by atoms with Crippen LogP contribution in [0.15, 0.2) is 90.7 Å². The SMILES string of the molecule is C=CC1=CC(N(/C(=C/CC)CN2CCC(c3cccc(OCc4ccc(C(C)=O)cc4)n3)CC2)C(SC)C2CCO2)C(C)C=C1. The van der Waals surface area contributed by atoms with E-state index >= 15 is 0 Å². The molecule has 45 heavy (non-hydrogen) atoms. The Kier molecular flexibility index (Phi) is 11.8. The summed E-state index contributed by atoms with van der Waals surface area (Å²) in [5, 5.41) is 0.273. The van der Waals surface area contributed by atoms with Crippen molar-refractivity contribution >= 4 is 17.5 Å². The lowest BCUT2D eigenvalue weighted by Crippen LogP contribution is -2.54. The van der Waals surface area contributed by atoms with Gasteiger partial charge in [0.15, 0.2) is 5.78 Å². The molecule has 1 aliphatic carbocycles. The van der Waals surface area contributed by atoms with Crippen LogP contribution < -0.4 is 4.74 Å². The monoisotopic (exact) mass is 627 g/mol. The first-order valence-electron chi connectivity index (χ1n) is 16.5. The van der Waals surface area contributed by atoms with Crippen LogP contribution in [0.5, 0.6) is 5.88 Å². The maximum absolute atomic E-state index is 11.6. The summed E-state index contributed by atoms with van der Waals surface area (Å²) in [6.45, 7) is 14.5. The summed E-state index contributed by atoms with van der Waals surface area (Å²) >= 11 is 1.91. The third kappa shape index (κ3) is 8.37. The second-order valence-corrected chi connectivity index (χ2v) is 13.4. The molecule has 5 rings (SSSR count). The molecule has 0 N–H and O–H groups in total. The van der Waals surface area contributed by atoms with Crippen molar-refractivity contribution in [3.05, 3.63) is 108 Å². The van der Waals surface area contributed by atoms with E-state index in [1.165, 1.54) is 11.3 Å². The molecule has 0 amide bonds. The smallest absolute Gasteiger partial charge is 0.213 e. The molecule has 4 atom stereocenters. The van der Waals surface area contributed by atoms with Gasteiger partial charge in [0.25, 0.3) is 0 Å². The summed E-state index contributed by atoms with van der Waals surface area (Å²) in [6, 6.07) is 14.0. The highest BCUT2D eigenvalue weighted by atomic mass is 32.2. The van der Waals surface area contributed by atoms with Crippen LogP contribution >= 0.6 is 11.8 Å². The van der Waals surface area contributed by atoms with Gasteiger partial charge >= 0.3 is 0 Å². The number of likely N-dealkylation sites (tertiary alicyclic amines) is 1. The number of nitrogens with zero attached hydrogens (tertiary/aromatic N) is 3. The van der Waals surface area contributed by atoms with Gasteiger partial charge in [0.05, 0.1) is 12.1 Å². The first kappa shape index (κ1) is 33.2. The maximum Gasteiger partial charge on any atom is 0.213 e. The first-order chi connectivity index (χ1) is 21.9. The lowest BCUT2D eigenvalue weighted by molar-refractivity contribution is -0.0765. The number of aromatic nitrogens is 1. The van der Waals surface area contributed by atoms with Gasteiger partial charge in [-0.3, -0.25) is 9.69 Å². The molecule has 2 aliphatic heterocycles. The highest BCUT2D eigenvalue weighted by Gasteiger charge is 2.39. The number of thioether (sulfide) groups is 1. The largest absolute Gasteiger partial charge is 0.473 e. The summed E-state index contributed by atoms with van der Waals surface area (Å²) in [5.74, 6) is 1.53. The minimum atomic E-state index is 0.0701. The molecule has 0 radical (unpaired) electrons. The maximum atomic E-state index is 11.6. The van der Waals surface area contributed by atoms with E-state index in [0.717, 1.165) is 63.2 Å². The zero-order valence-electron chi connectivity index (χ0n) is 27.4. The van der Waals surface area contributed by atoms with Crippen molar-refractivity contribution in [2.24, 2.45) is 5.92 Å². The fourth-order valence-electron chi connectivity index (χ4n) is 6.53. The van der Waals surface area contributed by atoms with Crippen LogP contribution in [0, 0.1) is 5.92 Å². The summed E-state index contributed by atoms with van der Waals surface area (Å²) < 4.78 is 12.2. The number of hydrogen-bond acceptors (Lipinski definition) is 7. The highest BCUT2D eigenvalue weighted by Crippen LogP contribution is 2.37. The normalized spacial score (nSPS) is 23.2. The van der Waals surface area contributed by atoms with Crippen molar-refractivity contribution < 1.29 is 14.3 Å². The minimum absolute atomic E-state index is 0.0701. The fourth-order valence-corrected chi connectivity index (χ4v) is 7.55. The number of benzene rings is 1. The second-order valence-electron chi connectivity index (χ2n) is 12.4. The van der Waals surface area contributed by atoms with Gasteiger partial charge in [-0.2, -0.15) is 0 Å². The van der Waals surface area contributed by atoms with Crippen molar-refractivity contribution in [2.45, 2.75) is 76.5 Å². The van der Waals surface area contributed by atoms with Gasteiger partial charge in [-0.15, -0.1) is 11.8 Å².